The number of ether oxygens (including phenoxy) is 1. The summed E-state index contributed by atoms with van der Waals surface area (Å²) in [5, 5.41) is 3.46. The lowest BCUT2D eigenvalue weighted by Gasteiger charge is -2.50. The normalized spacial score (nSPS) is 28.9. The molecule has 1 saturated heterocycles. The van der Waals surface area contributed by atoms with Crippen LogP contribution in [0, 0.1) is 0 Å². The number of benzene rings is 2. The predicted molar refractivity (Wildman–Crippen MR) is 112 cm³/mol. The molecule has 3 heterocycles. The Labute approximate surface area is 175 Å². The Morgan fingerprint density at radius 1 is 1.14 bits per heavy atom. The fraction of sp³-hybridized carbons (Fsp3) is 0.364. The molecule has 2 aromatic rings. The van der Waals surface area contributed by atoms with Gasteiger partial charge in [-0.15, -0.1) is 0 Å². The molecule has 4 nitrogen and oxygen atoms in total. The van der Waals surface area contributed by atoms with Crippen LogP contribution in [0.2, 0.25) is 10.0 Å². The highest BCUT2D eigenvalue weighted by Gasteiger charge is 2.52. The zero-order valence-corrected chi connectivity index (χ0v) is 17.4. The lowest BCUT2D eigenvalue weighted by molar-refractivity contribution is -0.906. The van der Waals surface area contributed by atoms with Crippen LogP contribution in [0.5, 0.6) is 5.75 Å². The monoisotopic (exact) mass is 416 g/mol. The Morgan fingerprint density at radius 2 is 1.93 bits per heavy atom. The van der Waals surface area contributed by atoms with Crippen LogP contribution in [0.1, 0.15) is 36.9 Å². The summed E-state index contributed by atoms with van der Waals surface area (Å²) in [6, 6.07) is 14.3. The van der Waals surface area contributed by atoms with Gasteiger partial charge in [-0.2, -0.15) is 5.01 Å². The molecule has 0 radical (unpaired) electrons. The van der Waals surface area contributed by atoms with Crippen molar-refractivity contribution in [3.8, 4) is 5.75 Å². The van der Waals surface area contributed by atoms with Gasteiger partial charge in [-0.1, -0.05) is 47.5 Å². The van der Waals surface area contributed by atoms with Crippen molar-refractivity contribution in [1.29, 1.82) is 0 Å². The highest BCUT2D eigenvalue weighted by molar-refractivity contribution is 6.42. The van der Waals surface area contributed by atoms with Gasteiger partial charge in [-0.25, -0.2) is 0 Å². The molecule has 1 atom stereocenters. The van der Waals surface area contributed by atoms with Crippen LogP contribution in [-0.2, 0) is 0 Å². The van der Waals surface area contributed by atoms with Gasteiger partial charge >= 0.3 is 0 Å². The van der Waals surface area contributed by atoms with Crippen LogP contribution in [0.25, 0.3) is 5.70 Å². The Bertz CT molecular complexity index is 937. The van der Waals surface area contributed by atoms with Crippen LogP contribution >= 0.6 is 23.2 Å². The van der Waals surface area contributed by atoms with E-state index in [0.29, 0.717) is 10.0 Å². The number of likely N-dealkylation sites (tertiary alicyclic amines) is 1. The molecular formula is C22H24Cl2N3O+. The first-order chi connectivity index (χ1) is 13.6. The molecule has 1 spiro atoms. The van der Waals surface area contributed by atoms with Crippen LogP contribution in [-0.4, -0.2) is 30.4 Å². The van der Waals surface area contributed by atoms with Gasteiger partial charge in [0.1, 0.15) is 5.75 Å². The van der Waals surface area contributed by atoms with Crippen LogP contribution in [0.15, 0.2) is 48.5 Å². The van der Waals surface area contributed by atoms with Gasteiger partial charge < -0.3 is 15.1 Å². The molecule has 0 aromatic heterocycles. The summed E-state index contributed by atoms with van der Waals surface area (Å²) in [6.07, 6.45) is 4.27. The number of hydrogen-bond acceptors (Lipinski definition) is 3. The van der Waals surface area contributed by atoms with Gasteiger partial charge in [-0.05, 0) is 31.2 Å². The topological polar surface area (TPSA) is 28.9 Å². The standard InChI is InChI=1S/C22H23Cl2N3O/c1-2-26-11-9-22(10-12-26)27-20(16-5-3-4-6-21(16)28-22)14-19(25-27)15-7-8-17(23)18(24)13-15/h3-8,13-14,20,25H,2,9-12H2,1H3/p+1/t20-/m0/s1. The van der Waals surface area contributed by atoms with Gasteiger partial charge in [0.05, 0.1) is 54.3 Å². The van der Waals surface area contributed by atoms with E-state index < -0.39 is 0 Å². The molecule has 146 valence electrons. The van der Waals surface area contributed by atoms with Crippen molar-refractivity contribution < 1.29 is 9.64 Å². The van der Waals surface area contributed by atoms with Crippen LogP contribution in [0.3, 0.4) is 0 Å². The van der Waals surface area contributed by atoms with E-state index in [4.69, 9.17) is 27.9 Å². The molecule has 0 unspecified atom stereocenters. The molecular weight excluding hydrogens is 393 g/mol. The zero-order chi connectivity index (χ0) is 19.3. The van der Waals surface area contributed by atoms with E-state index in [1.165, 1.54) is 5.56 Å². The highest BCUT2D eigenvalue weighted by Crippen LogP contribution is 2.47. The van der Waals surface area contributed by atoms with Crippen molar-refractivity contribution in [2.75, 3.05) is 19.6 Å². The number of hydrazine groups is 1. The largest absolute Gasteiger partial charge is 0.470 e. The highest BCUT2D eigenvalue weighted by atomic mass is 35.5. The smallest absolute Gasteiger partial charge is 0.191 e. The van der Waals surface area contributed by atoms with Crippen molar-refractivity contribution in [3.63, 3.8) is 0 Å². The van der Waals surface area contributed by atoms with E-state index in [-0.39, 0.29) is 11.8 Å². The number of piperidine rings is 1. The summed E-state index contributed by atoms with van der Waals surface area (Å²) in [7, 11) is 0. The zero-order valence-electron chi connectivity index (χ0n) is 15.8. The molecule has 5 rings (SSSR count). The van der Waals surface area contributed by atoms with Crippen LogP contribution < -0.4 is 15.1 Å². The first-order valence-corrected chi connectivity index (χ1v) is 10.7. The quantitative estimate of drug-likeness (QED) is 0.781. The van der Waals surface area contributed by atoms with E-state index in [9.17, 15) is 0 Å². The third-order valence-electron chi connectivity index (χ3n) is 6.29. The third kappa shape index (κ3) is 2.91. The van der Waals surface area contributed by atoms with Crippen molar-refractivity contribution in [2.45, 2.75) is 31.5 Å². The fourth-order valence-corrected chi connectivity index (χ4v) is 4.94. The molecule has 6 heteroatoms. The first-order valence-electron chi connectivity index (χ1n) is 9.94. The van der Waals surface area contributed by atoms with E-state index in [0.717, 1.165) is 49.5 Å². The van der Waals surface area contributed by atoms with Gasteiger partial charge in [0.15, 0.2) is 5.72 Å². The predicted octanol–water partition coefficient (Wildman–Crippen LogP) is 3.68. The lowest BCUT2D eigenvalue weighted by Crippen LogP contribution is -3.13. The van der Waals surface area contributed by atoms with Gasteiger partial charge in [0.25, 0.3) is 0 Å². The minimum atomic E-state index is -0.327. The van der Waals surface area contributed by atoms with E-state index in [1.54, 1.807) is 4.90 Å². The number of para-hydroxylation sites is 1. The molecule has 3 aliphatic rings. The number of nitrogens with zero attached hydrogens (tertiary/aromatic N) is 1. The summed E-state index contributed by atoms with van der Waals surface area (Å²) in [6.45, 7) is 5.65. The first kappa shape index (κ1) is 18.3. The summed E-state index contributed by atoms with van der Waals surface area (Å²) in [5.41, 5.74) is 6.60. The number of rotatable bonds is 2. The molecule has 3 aliphatic heterocycles. The molecule has 0 bridgehead atoms. The maximum Gasteiger partial charge on any atom is 0.191 e. The maximum atomic E-state index is 6.66. The average Bonchev–Trinajstić information content (AvgIpc) is 3.18. The van der Waals surface area contributed by atoms with Crippen LogP contribution in [0.4, 0.5) is 0 Å². The molecule has 2 N–H and O–H groups in total. The van der Waals surface area contributed by atoms with Gasteiger partial charge in [0, 0.05) is 11.1 Å². The maximum absolute atomic E-state index is 6.66. The van der Waals surface area contributed by atoms with E-state index in [2.05, 4.69) is 47.7 Å². The van der Waals surface area contributed by atoms with Gasteiger partial charge in [-0.3, -0.25) is 0 Å². The number of quaternary nitrogens is 1. The minimum Gasteiger partial charge on any atom is -0.470 e. The summed E-state index contributed by atoms with van der Waals surface area (Å²) >= 11 is 12.4. The van der Waals surface area contributed by atoms with Crippen molar-refractivity contribution in [3.05, 3.63) is 69.7 Å². The average molecular weight is 417 g/mol. The number of hydrogen-bond donors (Lipinski definition) is 2. The van der Waals surface area contributed by atoms with Crippen molar-refractivity contribution in [1.82, 2.24) is 10.4 Å². The summed E-state index contributed by atoms with van der Waals surface area (Å²) in [5.74, 6) is 0.997. The third-order valence-corrected chi connectivity index (χ3v) is 7.03. The molecule has 28 heavy (non-hydrogen) atoms. The second-order valence-electron chi connectivity index (χ2n) is 7.83. The van der Waals surface area contributed by atoms with E-state index >= 15 is 0 Å². The minimum absolute atomic E-state index is 0.137. The number of nitrogens with one attached hydrogen (secondary N) is 2. The fourth-order valence-electron chi connectivity index (χ4n) is 4.64. The van der Waals surface area contributed by atoms with Crippen molar-refractivity contribution in [2.24, 2.45) is 0 Å². The van der Waals surface area contributed by atoms with E-state index in [1.807, 2.05) is 18.2 Å². The van der Waals surface area contributed by atoms with Gasteiger partial charge in [0.2, 0.25) is 0 Å². The number of halogens is 2. The SMILES string of the molecule is CC[NH+]1CCC2(CC1)Oc1ccccc1[C@@H]1C=C(c3ccc(Cl)c(Cl)c3)NN12. The summed E-state index contributed by atoms with van der Waals surface area (Å²) < 4.78 is 6.66. The molecule has 0 saturated carbocycles. The second-order valence-corrected chi connectivity index (χ2v) is 8.64. The Morgan fingerprint density at radius 3 is 2.68 bits per heavy atom. The molecule has 0 amide bonds. The lowest BCUT2D eigenvalue weighted by atomic mass is 9.93. The number of fused-ring (bicyclic) bond motifs is 4. The Balaban J connectivity index is 1.54. The second kappa shape index (κ2) is 6.96. The van der Waals surface area contributed by atoms with Crippen molar-refractivity contribution >= 4 is 28.9 Å². The Hall–Kier alpha value is -1.72. The summed E-state index contributed by atoms with van der Waals surface area (Å²) in [4.78, 5) is 1.64. The molecule has 1 fully saturated rings. The molecule has 0 aliphatic carbocycles. The molecule has 2 aromatic carbocycles. The Kier molecular flexibility index (Phi) is 4.55.